The fraction of sp³-hybridized carbons (Fsp3) is 0.368. The Labute approximate surface area is 157 Å². The second kappa shape index (κ2) is 7.61. The highest BCUT2D eigenvalue weighted by Crippen LogP contribution is 2.18. The number of benzene rings is 1. The number of hydrogen-bond donors (Lipinski definition) is 2. The highest BCUT2D eigenvalue weighted by molar-refractivity contribution is 5.79. The average molecular weight is 368 g/mol. The zero-order chi connectivity index (χ0) is 19.6. The fourth-order valence-corrected chi connectivity index (χ4v) is 3.02. The number of nitrogens with one attached hydrogen (secondary N) is 1. The van der Waals surface area contributed by atoms with Crippen LogP contribution in [0.5, 0.6) is 5.75 Å². The number of nitrogens with zero attached hydrogens (tertiary/aromatic N) is 4. The van der Waals surface area contributed by atoms with Crippen molar-refractivity contribution in [3.8, 4) is 5.75 Å². The molecule has 142 valence electrons. The largest absolute Gasteiger partial charge is 0.491 e. The van der Waals surface area contributed by atoms with Gasteiger partial charge in [-0.3, -0.25) is 4.79 Å². The molecule has 0 saturated heterocycles. The molecule has 0 aliphatic carbocycles. The van der Waals surface area contributed by atoms with Gasteiger partial charge in [0.1, 0.15) is 12.4 Å². The third-order valence-corrected chi connectivity index (χ3v) is 4.41. The topological polar surface area (TPSA) is 107 Å². The summed E-state index contributed by atoms with van der Waals surface area (Å²) in [5, 5.41) is 6.99. The van der Waals surface area contributed by atoms with Crippen molar-refractivity contribution in [2.24, 2.45) is 0 Å². The van der Waals surface area contributed by atoms with Crippen LogP contribution >= 0.6 is 0 Å². The number of rotatable bonds is 6. The van der Waals surface area contributed by atoms with Gasteiger partial charge in [-0.15, -0.1) is 5.10 Å². The maximum atomic E-state index is 12.3. The lowest BCUT2D eigenvalue weighted by Crippen LogP contribution is -2.30. The number of nitrogens with two attached hydrogens (primary N) is 1. The van der Waals surface area contributed by atoms with Gasteiger partial charge in [0.15, 0.2) is 0 Å². The molecule has 0 aliphatic heterocycles. The van der Waals surface area contributed by atoms with Crippen molar-refractivity contribution in [3.63, 3.8) is 0 Å². The van der Waals surface area contributed by atoms with E-state index in [0.29, 0.717) is 18.9 Å². The first-order valence-corrected chi connectivity index (χ1v) is 8.80. The van der Waals surface area contributed by atoms with Crippen molar-refractivity contribution in [2.45, 2.75) is 34.1 Å². The molecule has 0 unspecified atom stereocenters. The van der Waals surface area contributed by atoms with E-state index in [1.807, 2.05) is 39.8 Å². The van der Waals surface area contributed by atoms with Crippen LogP contribution in [0.4, 0.5) is 5.95 Å². The number of ether oxygens (including phenoxy) is 1. The molecule has 0 bridgehead atoms. The number of anilines is 1. The minimum Gasteiger partial charge on any atom is -0.491 e. The van der Waals surface area contributed by atoms with E-state index in [1.165, 1.54) is 5.56 Å². The monoisotopic (exact) mass is 368 g/mol. The molecule has 3 aromatic rings. The Morgan fingerprint density at radius 2 is 2.00 bits per heavy atom. The number of carbonyl (C=O) groups excluding carboxylic acids is 1. The number of carbonyl (C=O) groups is 1. The molecule has 2 aromatic heterocycles. The average Bonchev–Trinajstić information content (AvgIpc) is 2.97. The van der Waals surface area contributed by atoms with Gasteiger partial charge < -0.3 is 15.8 Å². The predicted molar refractivity (Wildman–Crippen MR) is 103 cm³/mol. The Bertz CT molecular complexity index is 996. The molecule has 0 saturated carbocycles. The smallest absolute Gasteiger partial charge is 0.254 e. The first-order chi connectivity index (χ1) is 12.8. The molecule has 27 heavy (non-hydrogen) atoms. The van der Waals surface area contributed by atoms with Gasteiger partial charge in [-0.2, -0.15) is 9.50 Å². The summed E-state index contributed by atoms with van der Waals surface area (Å²) in [6.45, 7) is 8.61. The van der Waals surface area contributed by atoms with Crippen LogP contribution in [0.2, 0.25) is 0 Å². The lowest BCUT2D eigenvalue weighted by atomic mass is 10.1. The van der Waals surface area contributed by atoms with Crippen LogP contribution in [0, 0.1) is 27.7 Å². The molecule has 8 heteroatoms. The summed E-state index contributed by atoms with van der Waals surface area (Å²) in [7, 11) is 0. The lowest BCUT2D eigenvalue weighted by Gasteiger charge is -2.12. The zero-order valence-corrected chi connectivity index (χ0v) is 16.0. The zero-order valence-electron chi connectivity index (χ0n) is 16.0. The molecule has 1 amide bonds. The van der Waals surface area contributed by atoms with Crippen LogP contribution in [0.25, 0.3) is 5.78 Å². The van der Waals surface area contributed by atoms with Gasteiger partial charge in [-0.1, -0.05) is 17.7 Å². The van der Waals surface area contributed by atoms with Gasteiger partial charge in [-0.05, 0) is 39.3 Å². The Morgan fingerprint density at radius 3 is 2.74 bits per heavy atom. The number of fused-ring (bicyclic) bond motifs is 1. The molecule has 3 rings (SSSR count). The van der Waals surface area contributed by atoms with E-state index in [0.717, 1.165) is 28.3 Å². The lowest BCUT2D eigenvalue weighted by molar-refractivity contribution is -0.120. The van der Waals surface area contributed by atoms with Crippen LogP contribution < -0.4 is 15.8 Å². The summed E-state index contributed by atoms with van der Waals surface area (Å²) in [6.07, 6.45) is 0.212. The Kier molecular flexibility index (Phi) is 5.25. The minimum absolute atomic E-state index is 0.0975. The quantitative estimate of drug-likeness (QED) is 0.641. The van der Waals surface area contributed by atoms with Crippen LogP contribution in [0.1, 0.15) is 28.1 Å². The van der Waals surface area contributed by atoms with Gasteiger partial charge in [-0.25, -0.2) is 4.98 Å². The molecule has 3 N–H and O–H groups in total. The van der Waals surface area contributed by atoms with Gasteiger partial charge in [0.05, 0.1) is 13.0 Å². The number of aromatic nitrogens is 4. The van der Waals surface area contributed by atoms with E-state index in [1.54, 1.807) is 4.52 Å². The highest BCUT2D eigenvalue weighted by Gasteiger charge is 2.15. The third kappa shape index (κ3) is 4.16. The molecule has 0 atom stereocenters. The number of nitrogen functional groups attached to an aromatic ring is 1. The summed E-state index contributed by atoms with van der Waals surface area (Å²) in [6, 6.07) is 6.02. The Morgan fingerprint density at radius 1 is 1.22 bits per heavy atom. The molecule has 0 aliphatic rings. The second-order valence-corrected chi connectivity index (χ2v) is 6.59. The molecular weight excluding hydrogens is 344 g/mol. The van der Waals surface area contributed by atoms with E-state index in [4.69, 9.17) is 10.5 Å². The predicted octanol–water partition coefficient (Wildman–Crippen LogP) is 1.68. The molecular formula is C19H24N6O2. The van der Waals surface area contributed by atoms with Crippen molar-refractivity contribution in [1.82, 2.24) is 24.9 Å². The van der Waals surface area contributed by atoms with E-state index in [9.17, 15) is 4.79 Å². The summed E-state index contributed by atoms with van der Waals surface area (Å²) in [4.78, 5) is 20.7. The van der Waals surface area contributed by atoms with E-state index < -0.39 is 0 Å². The van der Waals surface area contributed by atoms with Crippen molar-refractivity contribution in [1.29, 1.82) is 0 Å². The summed E-state index contributed by atoms with van der Waals surface area (Å²) in [5.41, 5.74) is 10.3. The first-order valence-electron chi connectivity index (χ1n) is 8.80. The van der Waals surface area contributed by atoms with E-state index >= 15 is 0 Å². The standard InChI is InChI=1S/C19H24N6O2/c1-11-5-6-16(12(2)9-11)27-8-7-21-17(26)10-15-13(3)22-19-23-18(20)24-25(19)14(15)4/h5-6,9H,7-8,10H2,1-4H3,(H2,20,24)(H,21,26). The molecule has 0 spiro atoms. The van der Waals surface area contributed by atoms with Crippen LogP contribution in [-0.4, -0.2) is 38.6 Å². The second-order valence-electron chi connectivity index (χ2n) is 6.59. The van der Waals surface area contributed by atoms with Crippen LogP contribution in [0.3, 0.4) is 0 Å². The molecule has 0 fully saturated rings. The van der Waals surface area contributed by atoms with Gasteiger partial charge in [0.2, 0.25) is 11.9 Å². The van der Waals surface area contributed by atoms with E-state index in [-0.39, 0.29) is 18.3 Å². The maximum Gasteiger partial charge on any atom is 0.254 e. The first kappa shape index (κ1) is 18.6. The number of aryl methyl sites for hydroxylation is 4. The maximum absolute atomic E-state index is 12.3. The molecule has 0 radical (unpaired) electrons. The van der Waals surface area contributed by atoms with Crippen molar-refractivity contribution in [2.75, 3.05) is 18.9 Å². The van der Waals surface area contributed by atoms with Crippen LogP contribution in [0.15, 0.2) is 18.2 Å². The van der Waals surface area contributed by atoms with Crippen molar-refractivity contribution < 1.29 is 9.53 Å². The van der Waals surface area contributed by atoms with Gasteiger partial charge >= 0.3 is 0 Å². The van der Waals surface area contributed by atoms with Gasteiger partial charge in [0.25, 0.3) is 5.78 Å². The summed E-state index contributed by atoms with van der Waals surface area (Å²) in [5.74, 6) is 1.34. The van der Waals surface area contributed by atoms with Crippen molar-refractivity contribution >= 4 is 17.6 Å². The van der Waals surface area contributed by atoms with E-state index in [2.05, 4.69) is 26.4 Å². The Balaban J connectivity index is 1.57. The summed E-state index contributed by atoms with van der Waals surface area (Å²) < 4.78 is 7.30. The number of hydrogen-bond acceptors (Lipinski definition) is 6. The Hall–Kier alpha value is -3.16. The molecule has 2 heterocycles. The van der Waals surface area contributed by atoms with Gasteiger partial charge in [0, 0.05) is 17.0 Å². The fourth-order valence-electron chi connectivity index (χ4n) is 3.02. The normalized spacial score (nSPS) is 11.0. The minimum atomic E-state index is -0.0975. The van der Waals surface area contributed by atoms with Crippen LogP contribution in [-0.2, 0) is 11.2 Å². The number of amides is 1. The SMILES string of the molecule is Cc1ccc(OCCNC(=O)Cc2c(C)nc3nc(N)nn3c2C)c(C)c1. The third-order valence-electron chi connectivity index (χ3n) is 4.41. The highest BCUT2D eigenvalue weighted by atomic mass is 16.5. The molecule has 8 nitrogen and oxygen atoms in total. The van der Waals surface area contributed by atoms with Crippen molar-refractivity contribution in [3.05, 3.63) is 46.3 Å². The summed E-state index contributed by atoms with van der Waals surface area (Å²) >= 11 is 0. The molecule has 1 aromatic carbocycles.